The summed E-state index contributed by atoms with van der Waals surface area (Å²) in [4.78, 5) is 25.5. The molecule has 0 atom stereocenters. The highest BCUT2D eigenvalue weighted by Gasteiger charge is 2.17. The van der Waals surface area contributed by atoms with E-state index in [-0.39, 0.29) is 16.6 Å². The molecule has 0 fully saturated rings. The lowest BCUT2D eigenvalue weighted by Gasteiger charge is -2.06. The van der Waals surface area contributed by atoms with Crippen molar-refractivity contribution < 1.29 is 14.8 Å². The predicted octanol–water partition coefficient (Wildman–Crippen LogP) is 2.91. The quantitative estimate of drug-likeness (QED) is 0.523. The number of carbonyl (C=O) groups is 1. The summed E-state index contributed by atoms with van der Waals surface area (Å²) in [6.45, 7) is 1.65. The Labute approximate surface area is 110 Å². The first-order chi connectivity index (χ1) is 8.40. The summed E-state index contributed by atoms with van der Waals surface area (Å²) in [5.74, 6) is -1.15. The van der Waals surface area contributed by atoms with Crippen molar-refractivity contribution in [2.45, 2.75) is 6.92 Å². The van der Waals surface area contributed by atoms with Crippen LogP contribution in [0.1, 0.15) is 15.9 Å². The van der Waals surface area contributed by atoms with Gasteiger partial charge in [0.25, 0.3) is 5.69 Å². The second-order valence-electron chi connectivity index (χ2n) is 3.71. The van der Waals surface area contributed by atoms with E-state index >= 15 is 0 Å². The molecule has 1 heterocycles. The molecule has 0 unspecified atom stereocenters. The average Bonchev–Trinajstić information content (AvgIpc) is 2.28. The number of rotatable bonds is 2. The molecule has 2 rings (SSSR count). The number of halogens is 1. The van der Waals surface area contributed by atoms with Gasteiger partial charge in [-0.25, -0.2) is 9.78 Å². The van der Waals surface area contributed by atoms with Crippen LogP contribution in [0.5, 0.6) is 0 Å². The number of non-ortho nitro benzene ring substituents is 1. The van der Waals surface area contributed by atoms with E-state index in [0.29, 0.717) is 15.7 Å². The van der Waals surface area contributed by atoms with E-state index in [9.17, 15) is 14.9 Å². The third kappa shape index (κ3) is 2.04. The van der Waals surface area contributed by atoms with Gasteiger partial charge in [0.1, 0.15) is 4.60 Å². The highest BCUT2D eigenvalue weighted by molar-refractivity contribution is 9.10. The van der Waals surface area contributed by atoms with Gasteiger partial charge >= 0.3 is 5.97 Å². The van der Waals surface area contributed by atoms with Crippen molar-refractivity contribution in [1.82, 2.24) is 4.98 Å². The minimum Gasteiger partial charge on any atom is -0.478 e. The summed E-state index contributed by atoms with van der Waals surface area (Å²) < 4.78 is 0.379. The zero-order chi connectivity index (χ0) is 13.4. The number of carboxylic acids is 1. The monoisotopic (exact) mass is 310 g/mol. The molecule has 0 bridgehead atoms. The molecule has 0 spiro atoms. The maximum absolute atomic E-state index is 11.1. The highest BCUT2D eigenvalue weighted by Crippen LogP contribution is 2.28. The van der Waals surface area contributed by atoms with Gasteiger partial charge in [0.05, 0.1) is 16.0 Å². The summed E-state index contributed by atoms with van der Waals surface area (Å²) in [5.41, 5.74) is 0.834. The minimum absolute atomic E-state index is 0.0151. The Morgan fingerprint density at radius 1 is 1.44 bits per heavy atom. The number of nitro benzene ring substituents is 1. The van der Waals surface area contributed by atoms with E-state index in [0.717, 1.165) is 0 Å². The van der Waals surface area contributed by atoms with Crippen molar-refractivity contribution in [2.75, 3.05) is 0 Å². The van der Waals surface area contributed by atoms with Crippen LogP contribution in [-0.4, -0.2) is 21.0 Å². The third-order valence-electron chi connectivity index (χ3n) is 2.50. The predicted molar refractivity (Wildman–Crippen MR) is 67.8 cm³/mol. The molecule has 0 saturated heterocycles. The van der Waals surface area contributed by atoms with E-state index in [1.54, 1.807) is 6.92 Å². The summed E-state index contributed by atoms with van der Waals surface area (Å²) in [6.07, 6.45) is 0. The molecule has 0 radical (unpaired) electrons. The van der Waals surface area contributed by atoms with Crippen LogP contribution in [0.3, 0.4) is 0 Å². The molecule has 92 valence electrons. The number of hydrogen-bond donors (Lipinski definition) is 1. The van der Waals surface area contributed by atoms with Crippen LogP contribution in [-0.2, 0) is 0 Å². The Balaban J connectivity index is 2.92. The fourth-order valence-electron chi connectivity index (χ4n) is 1.73. The van der Waals surface area contributed by atoms with E-state index < -0.39 is 10.9 Å². The smallest absolute Gasteiger partial charge is 0.336 e. The molecule has 7 heteroatoms. The summed E-state index contributed by atoms with van der Waals surface area (Å²) in [6, 6.07) is 3.92. The maximum atomic E-state index is 11.1. The Morgan fingerprint density at radius 3 is 2.67 bits per heavy atom. The highest BCUT2D eigenvalue weighted by atomic mass is 79.9. The number of benzene rings is 1. The number of pyridine rings is 1. The van der Waals surface area contributed by atoms with Gasteiger partial charge < -0.3 is 5.11 Å². The number of aromatic carboxylic acids is 1. The largest absolute Gasteiger partial charge is 0.478 e. The van der Waals surface area contributed by atoms with Gasteiger partial charge in [0.15, 0.2) is 0 Å². The standard InChI is InChI=1S/C11H7BrN2O4/c1-5-2-6(14(17)18)3-7-8(11(15)16)4-9(12)13-10(5)7/h2-4H,1H3,(H,15,16). The number of carboxylic acid groups (broad SMARTS) is 1. The van der Waals surface area contributed by atoms with Crippen LogP contribution in [0.25, 0.3) is 10.9 Å². The van der Waals surface area contributed by atoms with Crippen LogP contribution in [0.15, 0.2) is 22.8 Å². The molecule has 1 aromatic carbocycles. The molecule has 2 aromatic rings. The first kappa shape index (κ1) is 12.4. The summed E-state index contributed by atoms with van der Waals surface area (Å²) >= 11 is 3.12. The number of fused-ring (bicyclic) bond motifs is 1. The number of hydrogen-bond acceptors (Lipinski definition) is 4. The van der Waals surface area contributed by atoms with Crippen molar-refractivity contribution >= 4 is 38.5 Å². The molecule has 18 heavy (non-hydrogen) atoms. The molecule has 1 N–H and O–H groups in total. The normalized spacial score (nSPS) is 10.6. The molecular formula is C11H7BrN2O4. The van der Waals surface area contributed by atoms with Gasteiger partial charge in [-0.3, -0.25) is 10.1 Å². The fraction of sp³-hybridized carbons (Fsp3) is 0.0909. The van der Waals surface area contributed by atoms with Crippen LogP contribution in [0.2, 0.25) is 0 Å². The minimum atomic E-state index is -1.15. The number of aryl methyl sites for hydroxylation is 1. The van der Waals surface area contributed by atoms with E-state index in [1.165, 1.54) is 18.2 Å². The molecule has 0 saturated carbocycles. The maximum Gasteiger partial charge on any atom is 0.336 e. The van der Waals surface area contributed by atoms with Crippen LogP contribution >= 0.6 is 15.9 Å². The molecule has 0 aliphatic carbocycles. The topological polar surface area (TPSA) is 93.3 Å². The third-order valence-corrected chi connectivity index (χ3v) is 2.90. The van der Waals surface area contributed by atoms with E-state index in [1.807, 2.05) is 0 Å². The Kier molecular flexibility index (Phi) is 3.00. The van der Waals surface area contributed by atoms with E-state index in [2.05, 4.69) is 20.9 Å². The molecule has 0 aliphatic rings. The molecule has 6 nitrogen and oxygen atoms in total. The van der Waals surface area contributed by atoms with Crippen molar-refractivity contribution in [1.29, 1.82) is 0 Å². The average molecular weight is 311 g/mol. The lowest BCUT2D eigenvalue weighted by Crippen LogP contribution is -2.01. The van der Waals surface area contributed by atoms with Gasteiger partial charge in [-0.1, -0.05) is 0 Å². The van der Waals surface area contributed by atoms with Gasteiger partial charge in [0.2, 0.25) is 0 Å². The number of aromatic nitrogens is 1. The molecule has 1 aromatic heterocycles. The molecule has 0 aliphatic heterocycles. The van der Waals surface area contributed by atoms with Crippen molar-refractivity contribution in [3.05, 3.63) is 44.0 Å². The Morgan fingerprint density at radius 2 is 2.11 bits per heavy atom. The Hall–Kier alpha value is -2.02. The zero-order valence-corrected chi connectivity index (χ0v) is 10.8. The van der Waals surface area contributed by atoms with Crippen LogP contribution < -0.4 is 0 Å². The first-order valence-corrected chi connectivity index (χ1v) is 5.68. The number of nitrogens with zero attached hydrogens (tertiary/aromatic N) is 2. The van der Waals surface area contributed by atoms with Gasteiger partial charge in [-0.15, -0.1) is 0 Å². The number of nitro groups is 1. The molecular weight excluding hydrogens is 304 g/mol. The first-order valence-electron chi connectivity index (χ1n) is 4.88. The van der Waals surface area contributed by atoms with Gasteiger partial charge in [-0.2, -0.15) is 0 Å². The van der Waals surface area contributed by atoms with E-state index in [4.69, 9.17) is 5.11 Å². The van der Waals surface area contributed by atoms with Crippen molar-refractivity contribution in [3.8, 4) is 0 Å². The van der Waals surface area contributed by atoms with Crippen LogP contribution in [0, 0.1) is 17.0 Å². The summed E-state index contributed by atoms with van der Waals surface area (Å²) in [7, 11) is 0. The SMILES string of the molecule is Cc1cc([N+](=O)[O-])cc2c(C(=O)O)cc(Br)nc12. The lowest BCUT2D eigenvalue weighted by atomic mass is 10.0. The fourth-order valence-corrected chi connectivity index (χ4v) is 2.14. The second kappa shape index (κ2) is 4.34. The van der Waals surface area contributed by atoms with Crippen molar-refractivity contribution in [3.63, 3.8) is 0 Å². The summed E-state index contributed by atoms with van der Waals surface area (Å²) in [5, 5.41) is 20.1. The van der Waals surface area contributed by atoms with Gasteiger partial charge in [-0.05, 0) is 34.5 Å². The molecule has 0 amide bonds. The second-order valence-corrected chi connectivity index (χ2v) is 4.53. The van der Waals surface area contributed by atoms with Crippen LogP contribution in [0.4, 0.5) is 5.69 Å². The zero-order valence-electron chi connectivity index (χ0n) is 9.18. The van der Waals surface area contributed by atoms with Crippen molar-refractivity contribution in [2.24, 2.45) is 0 Å². The Bertz CT molecular complexity index is 684. The lowest BCUT2D eigenvalue weighted by molar-refractivity contribution is -0.384. The van der Waals surface area contributed by atoms with Gasteiger partial charge in [0, 0.05) is 17.5 Å².